The van der Waals surface area contributed by atoms with Crippen molar-refractivity contribution in [2.75, 3.05) is 19.0 Å². The molecular formula is C27H26F2N4O3. The Morgan fingerprint density at radius 1 is 1.19 bits per heavy atom. The number of imidazole rings is 1. The van der Waals surface area contributed by atoms with E-state index in [0.29, 0.717) is 35.0 Å². The fourth-order valence-corrected chi connectivity index (χ4v) is 4.56. The molecule has 0 spiro atoms. The Morgan fingerprint density at radius 3 is 2.72 bits per heavy atom. The zero-order chi connectivity index (χ0) is 25.4. The van der Waals surface area contributed by atoms with E-state index >= 15 is 0 Å². The number of ether oxygens (including phenoxy) is 2. The Bertz CT molecular complexity index is 1450. The van der Waals surface area contributed by atoms with E-state index in [1.807, 2.05) is 25.1 Å². The molecule has 2 N–H and O–H groups in total. The molecular weight excluding hydrogens is 466 g/mol. The second kappa shape index (κ2) is 9.49. The first-order chi connectivity index (χ1) is 17.4. The monoisotopic (exact) mass is 492 g/mol. The number of nitrogens with one attached hydrogen (secondary N) is 2. The summed E-state index contributed by atoms with van der Waals surface area (Å²) in [6.07, 6.45) is 2.50. The maximum absolute atomic E-state index is 14.1. The highest BCUT2D eigenvalue weighted by atomic mass is 19.1. The summed E-state index contributed by atoms with van der Waals surface area (Å²) in [4.78, 5) is 18.1. The van der Waals surface area contributed by atoms with Gasteiger partial charge in [-0.05, 0) is 62.2 Å². The van der Waals surface area contributed by atoms with Crippen molar-refractivity contribution in [1.29, 1.82) is 0 Å². The predicted molar refractivity (Wildman–Crippen MR) is 132 cm³/mol. The van der Waals surface area contributed by atoms with Gasteiger partial charge in [-0.15, -0.1) is 0 Å². The number of carbonyl (C=O) groups is 1. The van der Waals surface area contributed by atoms with Crippen LogP contribution in [0.4, 0.5) is 14.5 Å². The molecule has 0 saturated heterocycles. The number of halogens is 2. The number of aryl methyl sites for hydroxylation is 2. The van der Waals surface area contributed by atoms with Crippen molar-refractivity contribution in [3.8, 4) is 11.5 Å². The van der Waals surface area contributed by atoms with Gasteiger partial charge < -0.3 is 20.1 Å². The average molecular weight is 493 g/mol. The number of carbonyl (C=O) groups excluding carboxylic acids is 1. The summed E-state index contributed by atoms with van der Waals surface area (Å²) >= 11 is 0. The van der Waals surface area contributed by atoms with Crippen molar-refractivity contribution in [2.24, 2.45) is 0 Å². The van der Waals surface area contributed by atoms with Crippen LogP contribution in [0.5, 0.6) is 11.5 Å². The van der Waals surface area contributed by atoms with Crippen LogP contribution in [0.1, 0.15) is 45.3 Å². The summed E-state index contributed by atoms with van der Waals surface area (Å²) in [5.41, 5.74) is 3.82. The molecule has 36 heavy (non-hydrogen) atoms. The van der Waals surface area contributed by atoms with Gasteiger partial charge in [-0.3, -0.25) is 9.20 Å². The molecule has 1 aliphatic heterocycles. The van der Waals surface area contributed by atoms with Gasteiger partial charge in [-0.25, -0.2) is 13.8 Å². The molecule has 2 aromatic carbocycles. The maximum Gasteiger partial charge on any atom is 0.270 e. The van der Waals surface area contributed by atoms with Crippen molar-refractivity contribution < 1.29 is 23.0 Å². The number of benzene rings is 2. The lowest BCUT2D eigenvalue weighted by Gasteiger charge is -2.28. The molecule has 3 heterocycles. The number of hydrogen-bond donors (Lipinski definition) is 2. The minimum Gasteiger partial charge on any atom is -0.497 e. The SMILES string of the molecule is COc1ccc2c(c1)C(NC(=O)c1c(C)nc3c(OCc4c(F)cccc4F)cc(C)cn13)CCN2. The molecule has 0 saturated carbocycles. The zero-order valence-corrected chi connectivity index (χ0v) is 20.2. The summed E-state index contributed by atoms with van der Waals surface area (Å²) in [7, 11) is 1.61. The van der Waals surface area contributed by atoms with Gasteiger partial charge in [0.1, 0.15) is 29.7 Å². The van der Waals surface area contributed by atoms with Gasteiger partial charge in [0.25, 0.3) is 5.91 Å². The highest BCUT2D eigenvalue weighted by molar-refractivity contribution is 5.95. The smallest absolute Gasteiger partial charge is 0.270 e. The number of nitrogens with zero attached hydrogens (tertiary/aromatic N) is 2. The average Bonchev–Trinajstić information content (AvgIpc) is 3.19. The quantitative estimate of drug-likeness (QED) is 0.392. The van der Waals surface area contributed by atoms with Crippen LogP contribution in [0, 0.1) is 25.5 Å². The molecule has 1 unspecified atom stereocenters. The van der Waals surface area contributed by atoms with E-state index in [1.165, 1.54) is 18.2 Å². The Balaban J connectivity index is 1.45. The van der Waals surface area contributed by atoms with Crippen LogP contribution in [-0.2, 0) is 6.61 Å². The van der Waals surface area contributed by atoms with E-state index in [-0.39, 0.29) is 24.1 Å². The second-order valence-electron chi connectivity index (χ2n) is 8.80. The number of fused-ring (bicyclic) bond motifs is 2. The van der Waals surface area contributed by atoms with Crippen molar-refractivity contribution in [2.45, 2.75) is 32.9 Å². The molecule has 1 amide bonds. The van der Waals surface area contributed by atoms with Crippen LogP contribution in [0.3, 0.4) is 0 Å². The van der Waals surface area contributed by atoms with E-state index in [9.17, 15) is 13.6 Å². The Morgan fingerprint density at radius 2 is 1.97 bits per heavy atom. The van der Waals surface area contributed by atoms with E-state index in [0.717, 1.165) is 23.4 Å². The third-order valence-corrected chi connectivity index (χ3v) is 6.33. The normalized spacial score (nSPS) is 14.8. The fraction of sp³-hybridized carbons (Fsp3) is 0.259. The number of pyridine rings is 1. The lowest BCUT2D eigenvalue weighted by molar-refractivity contribution is 0.0928. The molecule has 0 fully saturated rings. The van der Waals surface area contributed by atoms with Gasteiger partial charge in [0, 0.05) is 24.0 Å². The Hall–Kier alpha value is -4.14. The van der Waals surface area contributed by atoms with Crippen LogP contribution >= 0.6 is 0 Å². The summed E-state index contributed by atoms with van der Waals surface area (Å²) in [6, 6.07) is 10.9. The molecule has 0 bridgehead atoms. The first-order valence-electron chi connectivity index (χ1n) is 11.6. The van der Waals surface area contributed by atoms with Crippen molar-refractivity contribution in [3.05, 3.63) is 88.4 Å². The Labute approximate surface area is 207 Å². The number of aromatic nitrogens is 2. The predicted octanol–water partition coefficient (Wildman–Crippen LogP) is 5.10. The van der Waals surface area contributed by atoms with Crippen LogP contribution in [0.25, 0.3) is 5.65 Å². The Kier molecular flexibility index (Phi) is 6.22. The lowest BCUT2D eigenvalue weighted by Crippen LogP contribution is -2.33. The molecule has 7 nitrogen and oxygen atoms in total. The summed E-state index contributed by atoms with van der Waals surface area (Å²) < 4.78 is 41.0. The van der Waals surface area contributed by atoms with Gasteiger partial charge in [0.2, 0.25) is 0 Å². The van der Waals surface area contributed by atoms with E-state index in [4.69, 9.17) is 9.47 Å². The number of anilines is 1. The van der Waals surface area contributed by atoms with Gasteiger partial charge in [-0.1, -0.05) is 6.07 Å². The van der Waals surface area contributed by atoms with Gasteiger partial charge >= 0.3 is 0 Å². The minimum absolute atomic E-state index is 0.168. The molecule has 0 aliphatic carbocycles. The molecule has 1 atom stereocenters. The highest BCUT2D eigenvalue weighted by Crippen LogP contribution is 2.33. The van der Waals surface area contributed by atoms with E-state index in [1.54, 1.807) is 30.7 Å². The van der Waals surface area contributed by atoms with Crippen LogP contribution in [-0.4, -0.2) is 28.9 Å². The standard InChI is InChI=1S/C27H26F2N4O3/c1-15-11-24(36-14-19-20(28)5-4-6-21(19)29)26-31-16(2)25(33(26)13-15)27(34)32-23-9-10-30-22-8-7-17(35-3)12-18(22)23/h4-8,11-13,23,30H,9-10,14H2,1-3H3,(H,32,34). The fourth-order valence-electron chi connectivity index (χ4n) is 4.56. The summed E-state index contributed by atoms with van der Waals surface area (Å²) in [5.74, 6) is -0.602. The van der Waals surface area contributed by atoms with Gasteiger partial charge in [-0.2, -0.15) is 0 Å². The molecule has 5 rings (SSSR count). The first kappa shape index (κ1) is 23.6. The number of rotatable bonds is 6. The molecule has 4 aromatic rings. The third kappa shape index (κ3) is 4.32. The van der Waals surface area contributed by atoms with Crippen molar-refractivity contribution in [1.82, 2.24) is 14.7 Å². The van der Waals surface area contributed by atoms with Gasteiger partial charge in [0.05, 0.1) is 24.4 Å². The third-order valence-electron chi connectivity index (χ3n) is 6.33. The molecule has 2 aromatic heterocycles. The van der Waals surface area contributed by atoms with Crippen molar-refractivity contribution >= 4 is 17.2 Å². The first-order valence-corrected chi connectivity index (χ1v) is 11.6. The summed E-state index contributed by atoms with van der Waals surface area (Å²) in [5, 5.41) is 6.49. The number of methoxy groups -OCH3 is 1. The maximum atomic E-state index is 14.1. The largest absolute Gasteiger partial charge is 0.497 e. The van der Waals surface area contributed by atoms with Crippen LogP contribution in [0.2, 0.25) is 0 Å². The van der Waals surface area contributed by atoms with E-state index in [2.05, 4.69) is 15.6 Å². The second-order valence-corrected chi connectivity index (χ2v) is 8.80. The highest BCUT2D eigenvalue weighted by Gasteiger charge is 2.26. The molecule has 9 heteroatoms. The lowest BCUT2D eigenvalue weighted by atomic mass is 9.97. The van der Waals surface area contributed by atoms with Crippen LogP contribution in [0.15, 0.2) is 48.7 Å². The van der Waals surface area contributed by atoms with Crippen LogP contribution < -0.4 is 20.1 Å². The topological polar surface area (TPSA) is 76.9 Å². The van der Waals surface area contributed by atoms with E-state index < -0.39 is 11.6 Å². The number of amides is 1. The minimum atomic E-state index is -0.683. The molecule has 0 radical (unpaired) electrons. The zero-order valence-electron chi connectivity index (χ0n) is 20.2. The summed E-state index contributed by atoms with van der Waals surface area (Å²) in [6.45, 7) is 4.01. The van der Waals surface area contributed by atoms with Gasteiger partial charge in [0.15, 0.2) is 11.4 Å². The van der Waals surface area contributed by atoms with Crippen molar-refractivity contribution in [3.63, 3.8) is 0 Å². The molecule has 1 aliphatic rings. The number of hydrogen-bond acceptors (Lipinski definition) is 5. The molecule has 186 valence electrons.